The highest BCUT2D eigenvalue weighted by Gasteiger charge is 2.39. The maximum absolute atomic E-state index is 13.0. The number of nitrogens with two attached hydrogens (primary N) is 1. The van der Waals surface area contributed by atoms with Gasteiger partial charge in [0.05, 0.1) is 6.20 Å². The van der Waals surface area contributed by atoms with Gasteiger partial charge in [-0.15, -0.1) is 5.10 Å². The fraction of sp³-hybridized carbons (Fsp3) is 0.385. The van der Waals surface area contributed by atoms with E-state index in [-0.39, 0.29) is 35.9 Å². The molecule has 9 heteroatoms. The Balaban J connectivity index is 1.85. The van der Waals surface area contributed by atoms with E-state index in [0.717, 1.165) is 5.56 Å². The van der Waals surface area contributed by atoms with Crippen LogP contribution in [0.3, 0.4) is 0 Å². The van der Waals surface area contributed by atoms with E-state index in [1.807, 2.05) is 0 Å². The van der Waals surface area contributed by atoms with E-state index in [1.54, 1.807) is 19.2 Å². The molecule has 0 amide bonds. The second-order valence-corrected chi connectivity index (χ2v) is 7.26. The summed E-state index contributed by atoms with van der Waals surface area (Å²) in [5.74, 6) is -0.508. The van der Waals surface area contributed by atoms with Crippen molar-refractivity contribution in [2.45, 2.75) is 17.0 Å². The fourth-order valence-electron chi connectivity index (χ4n) is 2.63. The molecule has 1 aromatic carbocycles. The average molecular weight is 325 g/mol. The molecule has 7 nitrogen and oxygen atoms in total. The van der Waals surface area contributed by atoms with Crippen molar-refractivity contribution in [2.24, 2.45) is 12.8 Å². The molecule has 3 rings (SSSR count). The van der Waals surface area contributed by atoms with Crippen LogP contribution in [0, 0.1) is 5.82 Å². The van der Waals surface area contributed by atoms with Crippen LogP contribution in [-0.2, 0) is 17.1 Å². The van der Waals surface area contributed by atoms with Gasteiger partial charge < -0.3 is 5.73 Å². The van der Waals surface area contributed by atoms with Gasteiger partial charge in [0.2, 0.25) is 5.03 Å². The summed E-state index contributed by atoms with van der Waals surface area (Å²) in [6.45, 7) is 0.437. The third-order valence-electron chi connectivity index (χ3n) is 3.82. The zero-order valence-corrected chi connectivity index (χ0v) is 12.7. The van der Waals surface area contributed by atoms with E-state index in [2.05, 4.69) is 10.3 Å². The topological polar surface area (TPSA) is 94.1 Å². The van der Waals surface area contributed by atoms with Crippen molar-refractivity contribution >= 4 is 10.0 Å². The molecule has 0 spiro atoms. The summed E-state index contributed by atoms with van der Waals surface area (Å²) < 4.78 is 40.7. The summed E-state index contributed by atoms with van der Waals surface area (Å²) in [6, 6.07) is 5.62. The molecule has 0 aliphatic carbocycles. The van der Waals surface area contributed by atoms with E-state index in [9.17, 15) is 12.8 Å². The molecule has 0 saturated carbocycles. The fourth-order valence-corrected chi connectivity index (χ4v) is 4.04. The molecule has 0 bridgehead atoms. The molecule has 2 N–H and O–H groups in total. The standard InChI is InChI=1S/C13H16FN5O2S/c1-18-8-13(16-17-18)22(20,21)19-6-11(12(15)7-19)9-2-4-10(14)5-3-9/h2-5,8,11-12H,6-7,15H2,1H3. The Hall–Kier alpha value is -1.84. The highest BCUT2D eigenvalue weighted by Crippen LogP contribution is 2.30. The molecule has 1 aromatic heterocycles. The Morgan fingerprint density at radius 2 is 1.95 bits per heavy atom. The van der Waals surface area contributed by atoms with Crippen molar-refractivity contribution in [3.05, 3.63) is 41.8 Å². The van der Waals surface area contributed by atoms with Gasteiger partial charge in [0.15, 0.2) is 0 Å². The van der Waals surface area contributed by atoms with Gasteiger partial charge in [0, 0.05) is 32.1 Å². The predicted octanol–water partition coefficient (Wildman–Crippen LogP) is 0.0696. The molecule has 2 aromatic rings. The lowest BCUT2D eigenvalue weighted by atomic mass is 9.95. The first-order valence-corrected chi connectivity index (χ1v) is 8.19. The van der Waals surface area contributed by atoms with Crippen LogP contribution in [0.15, 0.2) is 35.5 Å². The smallest absolute Gasteiger partial charge is 0.264 e. The molecular formula is C13H16FN5O2S. The molecule has 2 unspecified atom stereocenters. The molecule has 2 atom stereocenters. The first-order chi connectivity index (χ1) is 10.4. The van der Waals surface area contributed by atoms with Gasteiger partial charge in [-0.05, 0) is 17.7 Å². The minimum absolute atomic E-state index is 0.0954. The van der Waals surface area contributed by atoms with Crippen molar-refractivity contribution in [2.75, 3.05) is 13.1 Å². The van der Waals surface area contributed by atoms with Crippen LogP contribution in [-0.4, -0.2) is 46.8 Å². The molecule has 1 fully saturated rings. The molecule has 22 heavy (non-hydrogen) atoms. The average Bonchev–Trinajstić information content (AvgIpc) is 3.07. The number of halogens is 1. The summed E-state index contributed by atoms with van der Waals surface area (Å²) in [5, 5.41) is 7.21. The SMILES string of the molecule is Cn1cc(S(=O)(=O)N2CC(N)C(c3ccc(F)cc3)C2)nn1. The summed E-state index contributed by atoms with van der Waals surface area (Å²) >= 11 is 0. The summed E-state index contributed by atoms with van der Waals surface area (Å²) in [4.78, 5) is 0. The first-order valence-electron chi connectivity index (χ1n) is 6.75. The van der Waals surface area contributed by atoms with Crippen LogP contribution in [0.1, 0.15) is 11.5 Å². The van der Waals surface area contributed by atoms with Crippen molar-refractivity contribution < 1.29 is 12.8 Å². The molecule has 1 aliphatic rings. The van der Waals surface area contributed by atoms with Crippen LogP contribution in [0.2, 0.25) is 0 Å². The Morgan fingerprint density at radius 1 is 1.27 bits per heavy atom. The normalized spacial score (nSPS) is 23.0. The first kappa shape index (κ1) is 15.1. The lowest BCUT2D eigenvalue weighted by molar-refractivity contribution is 0.467. The van der Waals surface area contributed by atoms with E-state index >= 15 is 0 Å². The van der Waals surface area contributed by atoms with Crippen molar-refractivity contribution in [1.29, 1.82) is 0 Å². The van der Waals surface area contributed by atoms with E-state index in [1.165, 1.54) is 27.3 Å². The number of hydrogen-bond acceptors (Lipinski definition) is 5. The zero-order valence-electron chi connectivity index (χ0n) is 11.9. The van der Waals surface area contributed by atoms with Crippen molar-refractivity contribution in [3.8, 4) is 0 Å². The minimum Gasteiger partial charge on any atom is -0.326 e. The Bertz CT molecular complexity index is 774. The Labute approximate surface area is 127 Å². The number of rotatable bonds is 3. The van der Waals surface area contributed by atoms with Gasteiger partial charge in [-0.2, -0.15) is 4.31 Å². The van der Waals surface area contributed by atoms with Crippen molar-refractivity contribution in [1.82, 2.24) is 19.3 Å². The molecule has 0 radical (unpaired) electrons. The minimum atomic E-state index is -3.72. The van der Waals surface area contributed by atoms with Gasteiger partial charge in [-0.25, -0.2) is 12.8 Å². The second kappa shape index (κ2) is 5.41. The van der Waals surface area contributed by atoms with Gasteiger partial charge in [0.25, 0.3) is 10.0 Å². The maximum Gasteiger partial charge on any atom is 0.264 e. The largest absolute Gasteiger partial charge is 0.326 e. The number of hydrogen-bond donors (Lipinski definition) is 1. The third kappa shape index (κ3) is 2.62. The van der Waals surface area contributed by atoms with E-state index < -0.39 is 10.0 Å². The van der Waals surface area contributed by atoms with Crippen LogP contribution in [0.25, 0.3) is 0 Å². The summed E-state index contributed by atoms with van der Waals surface area (Å²) in [7, 11) is -2.11. The van der Waals surface area contributed by atoms with Crippen molar-refractivity contribution in [3.63, 3.8) is 0 Å². The van der Waals surface area contributed by atoms with E-state index in [0.29, 0.717) is 0 Å². The second-order valence-electron chi connectivity index (χ2n) is 5.37. The highest BCUT2D eigenvalue weighted by molar-refractivity contribution is 7.89. The number of nitrogens with zero attached hydrogens (tertiary/aromatic N) is 4. The lowest BCUT2D eigenvalue weighted by Crippen LogP contribution is -2.32. The molecule has 1 aliphatic heterocycles. The van der Waals surface area contributed by atoms with Crippen LogP contribution >= 0.6 is 0 Å². The number of aromatic nitrogens is 3. The van der Waals surface area contributed by atoms with Gasteiger partial charge in [-0.1, -0.05) is 17.3 Å². The van der Waals surface area contributed by atoms with Gasteiger partial charge >= 0.3 is 0 Å². The van der Waals surface area contributed by atoms with E-state index in [4.69, 9.17) is 5.73 Å². The molecule has 1 saturated heterocycles. The lowest BCUT2D eigenvalue weighted by Gasteiger charge is -2.15. The zero-order chi connectivity index (χ0) is 15.9. The number of sulfonamides is 1. The van der Waals surface area contributed by atoms with Crippen LogP contribution < -0.4 is 5.73 Å². The molecule has 2 heterocycles. The molecule has 118 valence electrons. The number of aryl methyl sites for hydroxylation is 1. The third-order valence-corrected chi connectivity index (χ3v) is 5.51. The van der Waals surface area contributed by atoms with Gasteiger partial charge in [-0.3, -0.25) is 4.68 Å². The van der Waals surface area contributed by atoms with Crippen LogP contribution in [0.5, 0.6) is 0 Å². The molecular weight excluding hydrogens is 309 g/mol. The number of benzene rings is 1. The van der Waals surface area contributed by atoms with Gasteiger partial charge in [0.1, 0.15) is 5.82 Å². The Kier molecular flexibility index (Phi) is 3.71. The summed E-state index contributed by atoms with van der Waals surface area (Å²) in [5.41, 5.74) is 6.90. The predicted molar refractivity (Wildman–Crippen MR) is 76.9 cm³/mol. The monoisotopic (exact) mass is 325 g/mol. The Morgan fingerprint density at radius 3 is 2.55 bits per heavy atom. The summed E-state index contributed by atoms with van der Waals surface area (Å²) in [6.07, 6.45) is 1.35. The highest BCUT2D eigenvalue weighted by atomic mass is 32.2. The maximum atomic E-state index is 13.0. The quantitative estimate of drug-likeness (QED) is 0.862. The van der Waals surface area contributed by atoms with Crippen LogP contribution in [0.4, 0.5) is 4.39 Å².